The highest BCUT2D eigenvalue weighted by atomic mass is 16.4. The molecule has 3 nitrogen and oxygen atoms in total. The van der Waals surface area contributed by atoms with E-state index in [-0.39, 0.29) is 18.9 Å². The minimum atomic E-state index is -0.722. The molecule has 154 valence electrons. The zero-order valence-electron chi connectivity index (χ0n) is 17.5. The van der Waals surface area contributed by atoms with Gasteiger partial charge in [-0.1, -0.05) is 26.7 Å². The van der Waals surface area contributed by atoms with E-state index in [4.69, 9.17) is 5.11 Å². The smallest absolute Gasteiger partial charge is 0.303 e. The molecule has 0 aromatic heterocycles. The van der Waals surface area contributed by atoms with Crippen molar-refractivity contribution in [3.63, 3.8) is 0 Å². The molecule has 4 aliphatic carbocycles. The fraction of sp³-hybridized carbons (Fsp3) is 0.958. The molecule has 0 aliphatic heterocycles. The number of hydrogen-bond acceptors (Lipinski definition) is 2. The second-order valence-corrected chi connectivity index (χ2v) is 11.0. The summed E-state index contributed by atoms with van der Waals surface area (Å²) in [4.78, 5) is 11.1. The van der Waals surface area contributed by atoms with Gasteiger partial charge in [0, 0.05) is 13.0 Å². The number of hydrogen-bond donors (Lipinski definition) is 2. The van der Waals surface area contributed by atoms with E-state index in [1.165, 1.54) is 64.2 Å². The molecule has 3 heteroatoms. The SMILES string of the molecule is C[C@]12CCCC[C@H]1CC[C@@H]1[C@@H]2CC[C@]2(C)[C@@H]([C@H](CO)CCC(=O)O)CC[C@@H]12. The van der Waals surface area contributed by atoms with E-state index < -0.39 is 5.97 Å². The van der Waals surface area contributed by atoms with Crippen molar-refractivity contribution in [3.05, 3.63) is 0 Å². The summed E-state index contributed by atoms with van der Waals surface area (Å²) in [6.07, 6.45) is 14.7. The van der Waals surface area contributed by atoms with Crippen LogP contribution in [0.15, 0.2) is 0 Å². The molecular weight excluding hydrogens is 336 g/mol. The van der Waals surface area contributed by atoms with E-state index in [0.717, 1.165) is 23.7 Å². The second-order valence-electron chi connectivity index (χ2n) is 11.0. The van der Waals surface area contributed by atoms with Gasteiger partial charge in [-0.15, -0.1) is 0 Å². The quantitative estimate of drug-likeness (QED) is 0.665. The summed E-state index contributed by atoms with van der Waals surface area (Å²) >= 11 is 0. The van der Waals surface area contributed by atoms with Gasteiger partial charge in [-0.2, -0.15) is 0 Å². The maximum Gasteiger partial charge on any atom is 0.303 e. The highest BCUT2D eigenvalue weighted by Crippen LogP contribution is 2.68. The maximum atomic E-state index is 11.1. The van der Waals surface area contributed by atoms with Crippen LogP contribution in [0.2, 0.25) is 0 Å². The first-order valence-corrected chi connectivity index (χ1v) is 11.7. The van der Waals surface area contributed by atoms with Crippen molar-refractivity contribution in [2.75, 3.05) is 6.61 Å². The molecule has 2 N–H and O–H groups in total. The first-order valence-electron chi connectivity index (χ1n) is 11.7. The van der Waals surface area contributed by atoms with E-state index in [2.05, 4.69) is 13.8 Å². The van der Waals surface area contributed by atoms with E-state index in [0.29, 0.717) is 23.2 Å². The third-order valence-electron chi connectivity index (χ3n) is 10.2. The minimum Gasteiger partial charge on any atom is -0.481 e. The molecule has 0 heterocycles. The Morgan fingerprint density at radius 3 is 2.48 bits per heavy atom. The van der Waals surface area contributed by atoms with Gasteiger partial charge in [-0.05, 0) is 104 Å². The van der Waals surface area contributed by atoms with Crippen molar-refractivity contribution in [1.82, 2.24) is 0 Å². The van der Waals surface area contributed by atoms with Gasteiger partial charge in [0.2, 0.25) is 0 Å². The predicted molar refractivity (Wildman–Crippen MR) is 107 cm³/mol. The Morgan fingerprint density at radius 2 is 1.74 bits per heavy atom. The Morgan fingerprint density at radius 1 is 0.963 bits per heavy atom. The number of rotatable bonds is 5. The molecule has 4 aliphatic rings. The summed E-state index contributed by atoms with van der Waals surface area (Å²) in [5.74, 6) is 3.54. The van der Waals surface area contributed by atoms with Crippen molar-refractivity contribution in [2.45, 2.75) is 90.9 Å². The van der Waals surface area contributed by atoms with Crippen LogP contribution in [0.25, 0.3) is 0 Å². The van der Waals surface area contributed by atoms with Crippen LogP contribution in [0.5, 0.6) is 0 Å². The van der Waals surface area contributed by atoms with Crippen molar-refractivity contribution < 1.29 is 15.0 Å². The van der Waals surface area contributed by atoms with Gasteiger partial charge in [0.1, 0.15) is 0 Å². The average Bonchev–Trinajstić information content (AvgIpc) is 2.99. The monoisotopic (exact) mass is 376 g/mol. The molecule has 0 saturated heterocycles. The molecule has 0 radical (unpaired) electrons. The Balaban J connectivity index is 1.53. The molecule has 0 aromatic carbocycles. The second kappa shape index (κ2) is 7.35. The molecule has 0 aromatic rings. The summed E-state index contributed by atoms with van der Waals surface area (Å²) in [5, 5.41) is 19.1. The van der Waals surface area contributed by atoms with Crippen molar-refractivity contribution in [1.29, 1.82) is 0 Å². The molecule has 0 amide bonds. The summed E-state index contributed by atoms with van der Waals surface area (Å²) in [6.45, 7) is 5.30. The fourth-order valence-electron chi connectivity index (χ4n) is 8.84. The van der Waals surface area contributed by atoms with Crippen LogP contribution in [-0.4, -0.2) is 22.8 Å². The van der Waals surface area contributed by atoms with Crippen LogP contribution < -0.4 is 0 Å². The molecule has 0 spiro atoms. The van der Waals surface area contributed by atoms with Crippen LogP contribution in [-0.2, 0) is 4.79 Å². The average molecular weight is 377 g/mol. The number of carbonyl (C=O) groups is 1. The van der Waals surface area contributed by atoms with E-state index in [9.17, 15) is 9.90 Å². The number of aliphatic carboxylic acids is 1. The normalized spacial score (nSPS) is 47.6. The molecule has 4 saturated carbocycles. The standard InChI is InChI=1S/C24H40O3/c1-23-13-4-3-5-17(23)7-8-18-20-10-9-19(16(15-25)6-11-22(26)27)24(20,2)14-12-21(18)23/h16-21,25H,3-15H2,1-2H3,(H,26,27)/t16-,17-,18-,19+,20-,21-,23-,24+/m0/s1. The van der Waals surface area contributed by atoms with E-state index in [1.807, 2.05) is 0 Å². The highest BCUT2D eigenvalue weighted by molar-refractivity contribution is 5.66. The lowest BCUT2D eigenvalue weighted by atomic mass is 9.44. The largest absolute Gasteiger partial charge is 0.481 e. The number of carboxylic acid groups (broad SMARTS) is 1. The Bertz CT molecular complexity index is 560. The lowest BCUT2D eigenvalue weighted by Crippen LogP contribution is -2.53. The van der Waals surface area contributed by atoms with Gasteiger partial charge in [0.05, 0.1) is 0 Å². The Kier molecular flexibility index (Phi) is 5.37. The van der Waals surface area contributed by atoms with Gasteiger partial charge in [0.15, 0.2) is 0 Å². The van der Waals surface area contributed by atoms with Crippen molar-refractivity contribution >= 4 is 5.97 Å². The van der Waals surface area contributed by atoms with Crippen molar-refractivity contribution in [2.24, 2.45) is 46.3 Å². The minimum absolute atomic E-state index is 0.161. The van der Waals surface area contributed by atoms with Gasteiger partial charge in [0.25, 0.3) is 0 Å². The molecule has 4 fully saturated rings. The van der Waals surface area contributed by atoms with Crippen LogP contribution >= 0.6 is 0 Å². The van der Waals surface area contributed by atoms with Crippen LogP contribution in [0.3, 0.4) is 0 Å². The third kappa shape index (κ3) is 3.16. The van der Waals surface area contributed by atoms with E-state index in [1.54, 1.807) is 0 Å². The van der Waals surface area contributed by atoms with Crippen LogP contribution in [0, 0.1) is 46.3 Å². The molecular formula is C24H40O3. The number of aliphatic hydroxyl groups is 1. The molecule has 0 unspecified atom stereocenters. The van der Waals surface area contributed by atoms with Gasteiger partial charge < -0.3 is 10.2 Å². The van der Waals surface area contributed by atoms with Crippen LogP contribution in [0.4, 0.5) is 0 Å². The number of carboxylic acids is 1. The number of fused-ring (bicyclic) bond motifs is 5. The van der Waals surface area contributed by atoms with Crippen LogP contribution in [0.1, 0.15) is 90.9 Å². The zero-order valence-corrected chi connectivity index (χ0v) is 17.5. The summed E-state index contributed by atoms with van der Waals surface area (Å²) in [5.41, 5.74) is 0.908. The van der Waals surface area contributed by atoms with Crippen molar-refractivity contribution in [3.8, 4) is 0 Å². The molecule has 27 heavy (non-hydrogen) atoms. The Hall–Kier alpha value is -0.570. The predicted octanol–water partition coefficient (Wildman–Crippen LogP) is 5.51. The lowest BCUT2D eigenvalue weighted by molar-refractivity contribution is -0.138. The zero-order chi connectivity index (χ0) is 19.2. The first-order chi connectivity index (χ1) is 12.9. The topological polar surface area (TPSA) is 57.5 Å². The van der Waals surface area contributed by atoms with Gasteiger partial charge in [-0.25, -0.2) is 0 Å². The Labute approximate surface area is 165 Å². The molecule has 8 atom stereocenters. The highest BCUT2D eigenvalue weighted by Gasteiger charge is 2.60. The summed E-state index contributed by atoms with van der Waals surface area (Å²) < 4.78 is 0. The lowest BCUT2D eigenvalue weighted by Gasteiger charge is -2.61. The molecule has 4 rings (SSSR count). The summed E-state index contributed by atoms with van der Waals surface area (Å²) in [6, 6.07) is 0. The third-order valence-corrected chi connectivity index (χ3v) is 10.2. The maximum absolute atomic E-state index is 11.1. The summed E-state index contributed by atoms with van der Waals surface area (Å²) in [7, 11) is 0. The van der Waals surface area contributed by atoms with E-state index >= 15 is 0 Å². The first kappa shape index (κ1) is 19.7. The number of aliphatic hydroxyl groups excluding tert-OH is 1. The van der Waals surface area contributed by atoms with Gasteiger partial charge >= 0.3 is 5.97 Å². The van der Waals surface area contributed by atoms with Gasteiger partial charge in [-0.3, -0.25) is 4.79 Å². The molecule has 0 bridgehead atoms. The fourth-order valence-corrected chi connectivity index (χ4v) is 8.84.